The quantitative estimate of drug-likeness (QED) is 0.280. The lowest BCUT2D eigenvalue weighted by Gasteiger charge is -2.23. The number of benzene rings is 3. The number of hydrogen-bond donors (Lipinski definition) is 3. The molecule has 1 heterocycles. The summed E-state index contributed by atoms with van der Waals surface area (Å²) < 4.78 is 11.5. The lowest BCUT2D eigenvalue weighted by Crippen LogP contribution is -2.52. The van der Waals surface area contributed by atoms with E-state index < -0.39 is 5.54 Å². The Labute approximate surface area is 209 Å². The molecule has 7 nitrogen and oxygen atoms in total. The summed E-state index contributed by atoms with van der Waals surface area (Å²) in [6, 6.07) is 24.5. The second-order valence-corrected chi connectivity index (χ2v) is 8.72. The predicted octanol–water partition coefficient (Wildman–Crippen LogP) is 3.68. The standard InChI is InChI=1S/C27H28ClN3O4/c28-23-11-7-21(8-12-23)18-29-31-26(33)27(17-20-5-2-1-3-6-20)19-35-25(30-27)22-9-13-24(14-10-22)34-16-4-15-32/h1-3,5-14,29,32H,4,15-19H2,(H,31,33)/t27-/m0/s1. The van der Waals surface area contributed by atoms with E-state index in [1.54, 1.807) is 0 Å². The first-order chi connectivity index (χ1) is 17.1. The number of aliphatic imine (C=N–C) groups is 1. The molecule has 3 aromatic rings. The molecule has 0 saturated carbocycles. The van der Waals surface area contributed by atoms with Crippen molar-refractivity contribution in [2.45, 2.75) is 24.9 Å². The Hall–Kier alpha value is -3.39. The molecule has 1 aliphatic rings. The highest BCUT2D eigenvalue weighted by molar-refractivity contribution is 6.30. The van der Waals surface area contributed by atoms with Crippen LogP contribution in [0.1, 0.15) is 23.1 Å². The van der Waals surface area contributed by atoms with Crippen molar-refractivity contribution in [1.82, 2.24) is 10.9 Å². The number of aliphatic hydroxyl groups excluding tert-OH is 1. The van der Waals surface area contributed by atoms with Crippen molar-refractivity contribution in [1.29, 1.82) is 0 Å². The lowest BCUT2D eigenvalue weighted by molar-refractivity contribution is -0.127. The van der Waals surface area contributed by atoms with Crippen LogP contribution in [0, 0.1) is 0 Å². The number of carbonyl (C=O) groups excluding carboxylic acids is 1. The molecule has 3 N–H and O–H groups in total. The summed E-state index contributed by atoms with van der Waals surface area (Å²) in [4.78, 5) is 18.1. The van der Waals surface area contributed by atoms with Crippen molar-refractivity contribution in [3.05, 3.63) is 101 Å². The maximum atomic E-state index is 13.4. The van der Waals surface area contributed by atoms with Gasteiger partial charge >= 0.3 is 0 Å². The molecular formula is C27H28ClN3O4. The van der Waals surface area contributed by atoms with Gasteiger partial charge in [0.1, 0.15) is 12.4 Å². The number of rotatable bonds is 11. The molecule has 35 heavy (non-hydrogen) atoms. The first kappa shape index (κ1) is 24.7. The van der Waals surface area contributed by atoms with Crippen LogP contribution in [0.15, 0.2) is 83.9 Å². The molecule has 1 aliphatic heterocycles. The van der Waals surface area contributed by atoms with Gasteiger partial charge in [-0.05, 0) is 47.5 Å². The van der Waals surface area contributed by atoms with Crippen molar-refractivity contribution >= 4 is 23.4 Å². The molecular weight excluding hydrogens is 466 g/mol. The molecule has 0 saturated heterocycles. The molecule has 0 radical (unpaired) electrons. The van der Waals surface area contributed by atoms with E-state index >= 15 is 0 Å². The predicted molar refractivity (Wildman–Crippen MR) is 135 cm³/mol. The smallest absolute Gasteiger partial charge is 0.266 e. The zero-order valence-corrected chi connectivity index (χ0v) is 20.0. The highest BCUT2D eigenvalue weighted by Crippen LogP contribution is 2.27. The average Bonchev–Trinajstić information content (AvgIpc) is 3.31. The van der Waals surface area contributed by atoms with Gasteiger partial charge in [-0.25, -0.2) is 10.4 Å². The number of ether oxygens (including phenoxy) is 2. The minimum Gasteiger partial charge on any atom is -0.494 e. The van der Waals surface area contributed by atoms with Gasteiger partial charge in [0.25, 0.3) is 5.91 Å². The lowest BCUT2D eigenvalue weighted by atomic mass is 9.91. The fraction of sp³-hybridized carbons (Fsp3) is 0.259. The van der Waals surface area contributed by atoms with Crippen molar-refractivity contribution in [2.75, 3.05) is 19.8 Å². The molecule has 0 aromatic heterocycles. The summed E-state index contributed by atoms with van der Waals surface area (Å²) in [6.07, 6.45) is 0.967. The Morgan fingerprint density at radius 3 is 2.49 bits per heavy atom. The average molecular weight is 494 g/mol. The van der Waals surface area contributed by atoms with Crippen LogP contribution < -0.4 is 15.6 Å². The van der Waals surface area contributed by atoms with E-state index in [1.165, 1.54) is 0 Å². The van der Waals surface area contributed by atoms with Crippen LogP contribution in [-0.4, -0.2) is 42.3 Å². The number of nitrogens with one attached hydrogen (secondary N) is 2. The van der Waals surface area contributed by atoms with Crippen molar-refractivity contribution in [3.8, 4) is 5.75 Å². The second kappa shape index (κ2) is 11.8. The van der Waals surface area contributed by atoms with Crippen LogP contribution in [0.25, 0.3) is 0 Å². The fourth-order valence-electron chi connectivity index (χ4n) is 3.71. The molecule has 0 unspecified atom stereocenters. The van der Waals surface area contributed by atoms with Gasteiger partial charge in [-0.15, -0.1) is 0 Å². The largest absolute Gasteiger partial charge is 0.494 e. The Morgan fingerprint density at radius 2 is 1.77 bits per heavy atom. The molecule has 0 bridgehead atoms. The first-order valence-electron chi connectivity index (χ1n) is 11.5. The Kier molecular flexibility index (Phi) is 8.36. The molecule has 3 aromatic carbocycles. The van der Waals surface area contributed by atoms with E-state index in [4.69, 9.17) is 31.2 Å². The van der Waals surface area contributed by atoms with Gasteiger partial charge in [0.15, 0.2) is 5.54 Å². The van der Waals surface area contributed by atoms with Gasteiger partial charge in [0.05, 0.1) is 6.61 Å². The molecule has 1 atom stereocenters. The zero-order chi connectivity index (χ0) is 24.5. The summed E-state index contributed by atoms with van der Waals surface area (Å²) >= 11 is 5.94. The van der Waals surface area contributed by atoms with Gasteiger partial charge in [0.2, 0.25) is 5.90 Å². The summed E-state index contributed by atoms with van der Waals surface area (Å²) in [6.45, 7) is 1.10. The monoisotopic (exact) mass is 493 g/mol. The summed E-state index contributed by atoms with van der Waals surface area (Å²) in [5, 5.41) is 9.56. The van der Waals surface area contributed by atoms with Crippen LogP contribution in [0.4, 0.5) is 0 Å². The van der Waals surface area contributed by atoms with Gasteiger partial charge in [-0.2, -0.15) is 0 Å². The number of aliphatic hydroxyl groups is 1. The Balaban J connectivity index is 1.49. The van der Waals surface area contributed by atoms with Crippen LogP contribution in [-0.2, 0) is 22.5 Å². The third-order valence-electron chi connectivity index (χ3n) is 5.61. The number of amides is 1. The summed E-state index contributed by atoms with van der Waals surface area (Å²) in [5.41, 5.74) is 7.43. The van der Waals surface area contributed by atoms with Crippen LogP contribution in [0.5, 0.6) is 5.75 Å². The summed E-state index contributed by atoms with van der Waals surface area (Å²) in [7, 11) is 0. The minimum atomic E-state index is -1.11. The van der Waals surface area contributed by atoms with Gasteiger partial charge in [0, 0.05) is 36.6 Å². The van der Waals surface area contributed by atoms with E-state index in [2.05, 4.69) is 10.9 Å². The third-order valence-corrected chi connectivity index (χ3v) is 5.86. The molecule has 4 rings (SSSR count). The maximum Gasteiger partial charge on any atom is 0.266 e. The van der Waals surface area contributed by atoms with Crippen LogP contribution in [0.2, 0.25) is 5.02 Å². The van der Waals surface area contributed by atoms with Crippen molar-refractivity contribution in [3.63, 3.8) is 0 Å². The minimum absolute atomic E-state index is 0.0862. The van der Waals surface area contributed by atoms with E-state index in [1.807, 2.05) is 78.9 Å². The number of hydrazine groups is 1. The molecule has 0 aliphatic carbocycles. The highest BCUT2D eigenvalue weighted by Gasteiger charge is 2.44. The first-order valence-corrected chi connectivity index (χ1v) is 11.8. The second-order valence-electron chi connectivity index (χ2n) is 8.28. The van der Waals surface area contributed by atoms with E-state index in [-0.39, 0.29) is 19.1 Å². The molecule has 0 fully saturated rings. The molecule has 182 valence electrons. The number of halogens is 1. The number of nitrogens with zero attached hydrogens (tertiary/aromatic N) is 1. The SMILES string of the molecule is O=C(NNCc1ccc(Cl)cc1)[C@]1(Cc2ccccc2)COC(c2ccc(OCCCO)cc2)=N1. The topological polar surface area (TPSA) is 92.2 Å². The maximum absolute atomic E-state index is 13.4. The van der Waals surface area contributed by atoms with Crippen LogP contribution in [0.3, 0.4) is 0 Å². The summed E-state index contributed by atoms with van der Waals surface area (Å²) in [5.74, 6) is 0.838. The van der Waals surface area contributed by atoms with Crippen molar-refractivity contribution in [2.24, 2.45) is 4.99 Å². The number of carbonyl (C=O) groups is 1. The normalized spacial score (nSPS) is 16.9. The van der Waals surface area contributed by atoms with Gasteiger partial charge < -0.3 is 14.6 Å². The Morgan fingerprint density at radius 1 is 1.03 bits per heavy atom. The Bertz CT molecular complexity index is 1140. The zero-order valence-electron chi connectivity index (χ0n) is 19.2. The van der Waals surface area contributed by atoms with Crippen molar-refractivity contribution < 1.29 is 19.4 Å². The molecule has 8 heteroatoms. The fourth-order valence-corrected chi connectivity index (χ4v) is 3.83. The number of hydrogen-bond acceptors (Lipinski definition) is 6. The van der Waals surface area contributed by atoms with E-state index in [0.717, 1.165) is 16.7 Å². The van der Waals surface area contributed by atoms with Crippen LogP contribution >= 0.6 is 11.6 Å². The van der Waals surface area contributed by atoms with Gasteiger partial charge in [-0.1, -0.05) is 54.1 Å². The van der Waals surface area contributed by atoms with E-state index in [9.17, 15) is 4.79 Å². The highest BCUT2D eigenvalue weighted by atomic mass is 35.5. The van der Waals surface area contributed by atoms with E-state index in [0.29, 0.717) is 42.7 Å². The molecule has 1 amide bonds. The molecule has 0 spiro atoms. The van der Waals surface area contributed by atoms with Gasteiger partial charge in [-0.3, -0.25) is 10.2 Å². The third kappa shape index (κ3) is 6.60.